The van der Waals surface area contributed by atoms with Gasteiger partial charge in [0.2, 0.25) is 0 Å². The van der Waals surface area contributed by atoms with Gasteiger partial charge in [0.1, 0.15) is 0 Å². The number of ether oxygens (including phenoxy) is 1. The molecule has 0 radical (unpaired) electrons. The molecule has 2 fully saturated rings. The maximum absolute atomic E-state index is 9.44. The Kier molecular flexibility index (Phi) is 6.62. The summed E-state index contributed by atoms with van der Waals surface area (Å²) in [4.78, 5) is 0. The van der Waals surface area contributed by atoms with E-state index >= 15 is 0 Å². The van der Waals surface area contributed by atoms with E-state index in [0.717, 1.165) is 11.8 Å². The molecular weight excluding hydrogens is 238 g/mol. The summed E-state index contributed by atoms with van der Waals surface area (Å²) in [5.74, 6) is 1.76. The Labute approximate surface area is 118 Å². The van der Waals surface area contributed by atoms with E-state index in [-0.39, 0.29) is 12.6 Å². The first-order chi connectivity index (χ1) is 9.35. The molecule has 0 bridgehead atoms. The average molecular weight is 269 g/mol. The molecule has 0 aromatic carbocycles. The summed E-state index contributed by atoms with van der Waals surface area (Å²) >= 11 is 0. The summed E-state index contributed by atoms with van der Waals surface area (Å²) in [6.45, 7) is 0.798. The Morgan fingerprint density at radius 2 is 1.74 bits per heavy atom. The van der Waals surface area contributed by atoms with E-state index in [0.29, 0.717) is 12.6 Å². The summed E-state index contributed by atoms with van der Waals surface area (Å²) in [6.07, 6.45) is 12.5. The van der Waals surface area contributed by atoms with Gasteiger partial charge in [-0.1, -0.05) is 44.9 Å². The lowest BCUT2D eigenvalue weighted by atomic mass is 9.71. The quantitative estimate of drug-likeness (QED) is 0.779. The van der Waals surface area contributed by atoms with E-state index in [4.69, 9.17) is 4.74 Å². The molecule has 2 aliphatic carbocycles. The first-order valence-electron chi connectivity index (χ1n) is 8.21. The van der Waals surface area contributed by atoms with Crippen LogP contribution in [0.1, 0.15) is 57.8 Å². The van der Waals surface area contributed by atoms with Crippen LogP contribution in [0.4, 0.5) is 0 Å². The Bertz CT molecular complexity index is 241. The zero-order valence-electron chi connectivity index (χ0n) is 12.4. The number of hydrogen-bond donors (Lipinski definition) is 2. The predicted octanol–water partition coefficient (Wildman–Crippen LogP) is 2.72. The Morgan fingerprint density at radius 1 is 1.05 bits per heavy atom. The predicted molar refractivity (Wildman–Crippen MR) is 78.2 cm³/mol. The van der Waals surface area contributed by atoms with Crippen LogP contribution in [0.15, 0.2) is 0 Å². The van der Waals surface area contributed by atoms with Crippen molar-refractivity contribution in [1.29, 1.82) is 0 Å². The van der Waals surface area contributed by atoms with Gasteiger partial charge in [-0.3, -0.25) is 0 Å². The summed E-state index contributed by atoms with van der Waals surface area (Å²) in [6, 6.07) is 0.711. The van der Waals surface area contributed by atoms with Crippen LogP contribution in [0.25, 0.3) is 0 Å². The first kappa shape index (κ1) is 15.3. The van der Waals surface area contributed by atoms with Gasteiger partial charge in [0.25, 0.3) is 0 Å². The van der Waals surface area contributed by atoms with Gasteiger partial charge in [0.15, 0.2) is 0 Å². The molecule has 2 N–H and O–H groups in total. The van der Waals surface area contributed by atoms with Crippen molar-refractivity contribution in [2.45, 2.75) is 69.9 Å². The summed E-state index contributed by atoms with van der Waals surface area (Å²) in [5.41, 5.74) is 0. The second-order valence-electron chi connectivity index (χ2n) is 6.45. The lowest BCUT2D eigenvalue weighted by Crippen LogP contribution is -2.49. The summed E-state index contributed by atoms with van der Waals surface area (Å²) in [7, 11) is 1.71. The number of methoxy groups -OCH3 is 1. The topological polar surface area (TPSA) is 41.5 Å². The van der Waals surface area contributed by atoms with Crippen molar-refractivity contribution in [1.82, 2.24) is 5.32 Å². The fourth-order valence-electron chi connectivity index (χ4n) is 4.15. The lowest BCUT2D eigenvalue weighted by Gasteiger charge is -2.40. The monoisotopic (exact) mass is 269 g/mol. The van der Waals surface area contributed by atoms with Crippen LogP contribution >= 0.6 is 0 Å². The fraction of sp³-hybridized carbons (Fsp3) is 1.00. The van der Waals surface area contributed by atoms with E-state index in [2.05, 4.69) is 5.32 Å². The maximum atomic E-state index is 9.44. The number of nitrogens with one attached hydrogen (secondary N) is 1. The van der Waals surface area contributed by atoms with Crippen molar-refractivity contribution >= 4 is 0 Å². The minimum absolute atomic E-state index is 0.110. The number of aliphatic hydroxyl groups is 1. The van der Waals surface area contributed by atoms with Crippen LogP contribution in [0, 0.1) is 11.8 Å². The van der Waals surface area contributed by atoms with E-state index in [1.165, 1.54) is 57.8 Å². The second-order valence-corrected chi connectivity index (χ2v) is 6.45. The van der Waals surface area contributed by atoms with Crippen molar-refractivity contribution in [2.75, 3.05) is 20.3 Å². The highest BCUT2D eigenvalue weighted by molar-refractivity contribution is 4.88. The SMILES string of the molecule is COCC(CO)NC1CCCCC1C1CCCCC1. The third-order valence-corrected chi connectivity index (χ3v) is 5.11. The number of hydrogen-bond acceptors (Lipinski definition) is 3. The number of rotatable bonds is 6. The molecule has 0 aromatic rings. The van der Waals surface area contributed by atoms with Gasteiger partial charge in [0, 0.05) is 13.2 Å². The highest BCUT2D eigenvalue weighted by Gasteiger charge is 2.33. The standard InChI is InChI=1S/C16H31NO2/c1-19-12-14(11-18)17-16-10-6-5-9-15(16)13-7-3-2-4-8-13/h13-18H,2-12H2,1H3. The maximum Gasteiger partial charge on any atom is 0.0638 e. The van der Waals surface area contributed by atoms with Gasteiger partial charge in [-0.25, -0.2) is 0 Å². The lowest BCUT2D eigenvalue weighted by molar-refractivity contribution is 0.0896. The van der Waals surface area contributed by atoms with E-state index in [9.17, 15) is 5.11 Å². The first-order valence-corrected chi connectivity index (χ1v) is 8.21. The average Bonchev–Trinajstić information content (AvgIpc) is 2.48. The largest absolute Gasteiger partial charge is 0.395 e. The normalized spacial score (nSPS) is 31.3. The third kappa shape index (κ3) is 4.44. The Hall–Kier alpha value is -0.120. The molecule has 2 saturated carbocycles. The van der Waals surface area contributed by atoms with E-state index < -0.39 is 0 Å². The zero-order chi connectivity index (χ0) is 13.5. The van der Waals surface area contributed by atoms with Crippen molar-refractivity contribution in [3.63, 3.8) is 0 Å². The molecule has 0 amide bonds. The van der Waals surface area contributed by atoms with Crippen molar-refractivity contribution in [3.05, 3.63) is 0 Å². The molecule has 0 heterocycles. The summed E-state index contributed by atoms with van der Waals surface area (Å²) in [5, 5.41) is 13.1. The summed E-state index contributed by atoms with van der Waals surface area (Å²) < 4.78 is 5.19. The van der Waals surface area contributed by atoms with Gasteiger partial charge in [-0.2, -0.15) is 0 Å². The molecule has 0 spiro atoms. The molecular formula is C16H31NO2. The van der Waals surface area contributed by atoms with E-state index in [1.54, 1.807) is 7.11 Å². The molecule has 3 heteroatoms. The number of aliphatic hydroxyl groups excluding tert-OH is 1. The van der Waals surface area contributed by atoms with Gasteiger partial charge in [-0.15, -0.1) is 0 Å². The zero-order valence-corrected chi connectivity index (χ0v) is 12.4. The van der Waals surface area contributed by atoms with Crippen molar-refractivity contribution in [3.8, 4) is 0 Å². The highest BCUT2D eigenvalue weighted by Crippen LogP contribution is 2.38. The van der Waals surface area contributed by atoms with Gasteiger partial charge < -0.3 is 15.2 Å². The molecule has 2 aliphatic rings. The van der Waals surface area contributed by atoms with Crippen LogP contribution in [0.5, 0.6) is 0 Å². The van der Waals surface area contributed by atoms with Crippen LogP contribution in [-0.2, 0) is 4.74 Å². The molecule has 2 rings (SSSR count). The molecule has 0 saturated heterocycles. The molecule has 19 heavy (non-hydrogen) atoms. The fourth-order valence-corrected chi connectivity index (χ4v) is 4.15. The van der Waals surface area contributed by atoms with Crippen LogP contribution in [0.2, 0.25) is 0 Å². The van der Waals surface area contributed by atoms with E-state index in [1.807, 2.05) is 0 Å². The highest BCUT2D eigenvalue weighted by atomic mass is 16.5. The molecule has 0 aromatic heterocycles. The third-order valence-electron chi connectivity index (χ3n) is 5.11. The Morgan fingerprint density at radius 3 is 2.42 bits per heavy atom. The van der Waals surface area contributed by atoms with Crippen LogP contribution in [0.3, 0.4) is 0 Å². The van der Waals surface area contributed by atoms with Crippen molar-refractivity contribution in [2.24, 2.45) is 11.8 Å². The molecule has 3 nitrogen and oxygen atoms in total. The second kappa shape index (κ2) is 8.23. The van der Waals surface area contributed by atoms with Crippen LogP contribution in [-0.4, -0.2) is 37.5 Å². The van der Waals surface area contributed by atoms with Gasteiger partial charge >= 0.3 is 0 Å². The van der Waals surface area contributed by atoms with Gasteiger partial charge in [0.05, 0.1) is 19.3 Å². The minimum Gasteiger partial charge on any atom is -0.395 e. The Balaban J connectivity index is 1.90. The van der Waals surface area contributed by atoms with Gasteiger partial charge in [-0.05, 0) is 24.7 Å². The van der Waals surface area contributed by atoms with Crippen molar-refractivity contribution < 1.29 is 9.84 Å². The molecule has 0 aliphatic heterocycles. The molecule has 3 unspecified atom stereocenters. The van der Waals surface area contributed by atoms with Crippen LogP contribution < -0.4 is 5.32 Å². The smallest absolute Gasteiger partial charge is 0.0638 e. The molecule has 112 valence electrons. The molecule has 3 atom stereocenters. The minimum atomic E-state index is 0.110.